The van der Waals surface area contributed by atoms with E-state index in [1.165, 1.54) is 55.3 Å². The lowest BCUT2D eigenvalue weighted by Crippen LogP contribution is -1.95. The van der Waals surface area contributed by atoms with Crippen molar-refractivity contribution in [3.8, 4) is 27.9 Å². The van der Waals surface area contributed by atoms with Crippen LogP contribution >= 0.6 is 0 Å². The Kier molecular flexibility index (Phi) is 5.71. The van der Waals surface area contributed by atoms with Gasteiger partial charge in [-0.1, -0.05) is 96.6 Å². The molecule has 2 heteroatoms. The fraction of sp³-hybridized carbons (Fsp3) is 0.0270. The molecule has 0 saturated carbocycles. The third-order valence-corrected chi connectivity index (χ3v) is 7.46. The van der Waals surface area contributed by atoms with Crippen molar-refractivity contribution in [2.75, 3.05) is 5.32 Å². The first-order valence-electron chi connectivity index (χ1n) is 13.4. The van der Waals surface area contributed by atoms with Gasteiger partial charge in [-0.3, -0.25) is 0 Å². The lowest BCUT2D eigenvalue weighted by Gasteiger charge is -2.15. The zero-order valence-corrected chi connectivity index (χ0v) is 21.8. The molecule has 0 unspecified atom stereocenters. The third-order valence-electron chi connectivity index (χ3n) is 7.46. The molecule has 0 aliphatic carbocycles. The second-order valence-corrected chi connectivity index (χ2v) is 10.0. The van der Waals surface area contributed by atoms with Crippen molar-refractivity contribution in [3.05, 3.63) is 151 Å². The molecule has 1 N–H and O–H groups in total. The van der Waals surface area contributed by atoms with Crippen LogP contribution in [0, 0.1) is 6.92 Å². The van der Waals surface area contributed by atoms with Gasteiger partial charge in [0, 0.05) is 33.4 Å². The Labute approximate surface area is 228 Å². The van der Waals surface area contributed by atoms with E-state index in [1.54, 1.807) is 0 Å². The summed E-state index contributed by atoms with van der Waals surface area (Å²) in [5.74, 6) is 0. The highest BCUT2D eigenvalue weighted by Gasteiger charge is 2.15. The van der Waals surface area contributed by atoms with Crippen molar-refractivity contribution in [1.82, 2.24) is 4.57 Å². The Hall–Kier alpha value is -5.08. The summed E-state index contributed by atoms with van der Waals surface area (Å²) < 4.78 is 2.36. The number of fused-ring (bicyclic) bond motifs is 3. The van der Waals surface area contributed by atoms with Gasteiger partial charge in [0.25, 0.3) is 0 Å². The van der Waals surface area contributed by atoms with E-state index in [1.807, 2.05) is 0 Å². The monoisotopic (exact) mass is 500 g/mol. The minimum absolute atomic E-state index is 1.08. The molecule has 7 rings (SSSR count). The Morgan fingerprint density at radius 3 is 1.95 bits per heavy atom. The zero-order chi connectivity index (χ0) is 26.2. The Bertz CT molecular complexity index is 1910. The van der Waals surface area contributed by atoms with Crippen LogP contribution in [-0.4, -0.2) is 4.57 Å². The first kappa shape index (κ1) is 23.1. The molecule has 0 spiro atoms. The number of rotatable bonds is 5. The molecule has 1 heterocycles. The minimum Gasteiger partial charge on any atom is -0.355 e. The molecule has 1 aromatic heterocycles. The van der Waals surface area contributed by atoms with Gasteiger partial charge >= 0.3 is 0 Å². The van der Waals surface area contributed by atoms with Gasteiger partial charge in [0.05, 0.1) is 11.0 Å². The maximum absolute atomic E-state index is 3.69. The number of aromatic nitrogens is 1. The number of nitrogens with zero attached hydrogens (tertiary/aromatic N) is 1. The third kappa shape index (κ3) is 4.26. The van der Waals surface area contributed by atoms with Gasteiger partial charge in [-0.15, -0.1) is 0 Å². The highest BCUT2D eigenvalue weighted by Crippen LogP contribution is 2.39. The summed E-state index contributed by atoms with van der Waals surface area (Å²) in [7, 11) is 0. The second kappa shape index (κ2) is 9.66. The molecular formula is C37H28N2. The first-order valence-corrected chi connectivity index (χ1v) is 13.4. The van der Waals surface area contributed by atoms with Crippen molar-refractivity contribution in [1.29, 1.82) is 0 Å². The van der Waals surface area contributed by atoms with Crippen molar-refractivity contribution >= 4 is 33.2 Å². The fourth-order valence-corrected chi connectivity index (χ4v) is 5.49. The van der Waals surface area contributed by atoms with Crippen LogP contribution in [0.5, 0.6) is 0 Å². The molecule has 0 bridgehead atoms. The average Bonchev–Trinajstić information content (AvgIpc) is 3.33. The lowest BCUT2D eigenvalue weighted by atomic mass is 9.96. The summed E-state index contributed by atoms with van der Waals surface area (Å²) in [5, 5.41) is 6.19. The predicted octanol–water partition coefficient (Wildman–Crippen LogP) is 10.2. The topological polar surface area (TPSA) is 17.0 Å². The molecule has 0 radical (unpaired) electrons. The second-order valence-electron chi connectivity index (χ2n) is 10.0. The Balaban J connectivity index is 1.43. The molecule has 0 aliphatic heterocycles. The van der Waals surface area contributed by atoms with Crippen molar-refractivity contribution < 1.29 is 0 Å². The number of benzene rings is 6. The van der Waals surface area contributed by atoms with E-state index in [9.17, 15) is 0 Å². The number of aryl methyl sites for hydroxylation is 1. The summed E-state index contributed by atoms with van der Waals surface area (Å²) in [4.78, 5) is 0. The maximum Gasteiger partial charge on any atom is 0.0541 e. The van der Waals surface area contributed by atoms with E-state index in [4.69, 9.17) is 0 Å². The quantitative estimate of drug-likeness (QED) is 0.249. The van der Waals surface area contributed by atoms with E-state index in [-0.39, 0.29) is 0 Å². The van der Waals surface area contributed by atoms with Gasteiger partial charge in [0.2, 0.25) is 0 Å². The summed E-state index contributed by atoms with van der Waals surface area (Å²) in [5.41, 5.74) is 11.8. The van der Waals surface area contributed by atoms with Crippen LogP contribution in [0.25, 0.3) is 49.7 Å². The minimum atomic E-state index is 1.08. The van der Waals surface area contributed by atoms with Gasteiger partial charge in [-0.25, -0.2) is 0 Å². The molecule has 0 aliphatic rings. The van der Waals surface area contributed by atoms with E-state index < -0.39 is 0 Å². The van der Waals surface area contributed by atoms with Gasteiger partial charge < -0.3 is 9.88 Å². The predicted molar refractivity (Wildman–Crippen MR) is 166 cm³/mol. The smallest absolute Gasteiger partial charge is 0.0541 e. The van der Waals surface area contributed by atoms with Crippen LogP contribution in [0.1, 0.15) is 5.56 Å². The average molecular weight is 501 g/mol. The van der Waals surface area contributed by atoms with Crippen LogP contribution in [0.4, 0.5) is 11.4 Å². The van der Waals surface area contributed by atoms with E-state index in [0.29, 0.717) is 0 Å². The zero-order valence-electron chi connectivity index (χ0n) is 21.8. The van der Waals surface area contributed by atoms with Crippen LogP contribution in [0.2, 0.25) is 0 Å². The Morgan fingerprint density at radius 2 is 1.15 bits per heavy atom. The summed E-state index contributed by atoms with van der Waals surface area (Å²) in [6.45, 7) is 2.12. The van der Waals surface area contributed by atoms with Gasteiger partial charge in [0.15, 0.2) is 0 Å². The standard InChI is InChI=1S/C37H28N2/c1-26-16-20-30(21-17-26)38-35-22-18-28(27-10-4-2-5-11-27)24-33(35)29-19-23-37-34(25-29)32-14-8-9-15-36(32)39(37)31-12-6-3-7-13-31/h2-25,38H,1H3. The van der Waals surface area contributed by atoms with Gasteiger partial charge in [0.1, 0.15) is 0 Å². The molecule has 6 aromatic carbocycles. The normalized spacial score (nSPS) is 11.2. The van der Waals surface area contributed by atoms with Crippen molar-refractivity contribution in [3.63, 3.8) is 0 Å². The van der Waals surface area contributed by atoms with E-state index in [2.05, 4.69) is 162 Å². The molecule has 7 aromatic rings. The first-order chi connectivity index (χ1) is 19.2. The summed E-state index contributed by atoms with van der Waals surface area (Å²) in [6.07, 6.45) is 0. The SMILES string of the molecule is Cc1ccc(Nc2ccc(-c3ccccc3)cc2-c2ccc3c(c2)c2ccccc2n3-c2ccccc2)cc1. The molecule has 186 valence electrons. The van der Waals surface area contributed by atoms with Crippen LogP contribution in [0.3, 0.4) is 0 Å². The van der Waals surface area contributed by atoms with Crippen molar-refractivity contribution in [2.24, 2.45) is 0 Å². The molecule has 0 amide bonds. The highest BCUT2D eigenvalue weighted by molar-refractivity contribution is 6.10. The van der Waals surface area contributed by atoms with Crippen LogP contribution in [-0.2, 0) is 0 Å². The number of nitrogens with one attached hydrogen (secondary N) is 1. The number of hydrogen-bond acceptors (Lipinski definition) is 1. The van der Waals surface area contributed by atoms with Gasteiger partial charge in [-0.05, 0) is 78.2 Å². The van der Waals surface area contributed by atoms with E-state index >= 15 is 0 Å². The lowest BCUT2D eigenvalue weighted by molar-refractivity contribution is 1.18. The molecule has 0 fully saturated rings. The molecule has 0 saturated heterocycles. The number of hydrogen-bond donors (Lipinski definition) is 1. The fourth-order valence-electron chi connectivity index (χ4n) is 5.49. The van der Waals surface area contributed by atoms with Gasteiger partial charge in [-0.2, -0.15) is 0 Å². The Morgan fingerprint density at radius 1 is 0.487 bits per heavy atom. The maximum atomic E-state index is 3.69. The van der Waals surface area contributed by atoms with Crippen LogP contribution in [0.15, 0.2) is 146 Å². The molecule has 39 heavy (non-hydrogen) atoms. The largest absolute Gasteiger partial charge is 0.355 e. The molecular weight excluding hydrogens is 472 g/mol. The summed E-state index contributed by atoms with van der Waals surface area (Å²) in [6, 6.07) is 52.0. The number of anilines is 2. The van der Waals surface area contributed by atoms with E-state index in [0.717, 1.165) is 11.4 Å². The van der Waals surface area contributed by atoms with Crippen LogP contribution < -0.4 is 5.32 Å². The number of para-hydroxylation sites is 2. The molecule has 0 atom stereocenters. The van der Waals surface area contributed by atoms with Crippen molar-refractivity contribution in [2.45, 2.75) is 6.92 Å². The highest BCUT2D eigenvalue weighted by atomic mass is 15.0. The summed E-state index contributed by atoms with van der Waals surface area (Å²) >= 11 is 0. The molecule has 2 nitrogen and oxygen atoms in total.